The van der Waals surface area contributed by atoms with Crippen molar-refractivity contribution in [2.45, 2.75) is 33.1 Å². The van der Waals surface area contributed by atoms with E-state index in [2.05, 4.69) is 0 Å². The number of rotatable bonds is 3. The molecule has 1 N–H and O–H groups in total. The van der Waals surface area contributed by atoms with Crippen molar-refractivity contribution in [1.29, 1.82) is 0 Å². The van der Waals surface area contributed by atoms with E-state index < -0.39 is 5.41 Å². The van der Waals surface area contributed by atoms with E-state index in [9.17, 15) is 5.11 Å². The Morgan fingerprint density at radius 2 is 1.62 bits per heavy atom. The van der Waals surface area contributed by atoms with Crippen molar-refractivity contribution in [3.63, 3.8) is 0 Å². The summed E-state index contributed by atoms with van der Waals surface area (Å²) in [6.07, 6.45) is 0. The molecule has 0 aliphatic carbocycles. The summed E-state index contributed by atoms with van der Waals surface area (Å²) in [7, 11) is 1.63. The number of fused-ring (bicyclic) bond motifs is 2. The van der Waals surface area contributed by atoms with Gasteiger partial charge in [0.2, 0.25) is 0 Å². The van der Waals surface area contributed by atoms with Crippen LogP contribution in [0.1, 0.15) is 30.9 Å². The maximum absolute atomic E-state index is 9.80. The van der Waals surface area contributed by atoms with Gasteiger partial charge in [-0.1, -0.05) is 13.8 Å². The van der Waals surface area contributed by atoms with Crippen LogP contribution in [-0.4, -0.2) is 18.8 Å². The molecular weight excluding hydrogens is 268 g/mol. The molecule has 2 aromatic heterocycles. The molecule has 21 heavy (non-hydrogen) atoms. The zero-order valence-electron chi connectivity index (χ0n) is 13.0. The first-order valence-electron chi connectivity index (χ1n) is 7.00. The van der Waals surface area contributed by atoms with Gasteiger partial charge < -0.3 is 18.7 Å². The summed E-state index contributed by atoms with van der Waals surface area (Å²) in [5.41, 5.74) is 1.99. The van der Waals surface area contributed by atoms with E-state index in [0.717, 1.165) is 33.4 Å². The lowest BCUT2D eigenvalue weighted by molar-refractivity contribution is 0.219. The molecule has 0 unspecified atom stereocenters. The Balaban J connectivity index is 2.58. The normalized spacial score (nSPS) is 12.5. The summed E-state index contributed by atoms with van der Waals surface area (Å²) in [5, 5.41) is 11.6. The smallest absolute Gasteiger partial charge is 0.177 e. The third-order valence-corrected chi connectivity index (χ3v) is 3.93. The predicted octanol–water partition coefficient (Wildman–Crippen LogP) is 4.07. The Morgan fingerprint density at radius 3 is 2.19 bits per heavy atom. The number of furan rings is 2. The molecule has 0 bridgehead atoms. The number of hydrogen-bond donors (Lipinski definition) is 1. The molecule has 0 aliphatic rings. The fourth-order valence-electron chi connectivity index (χ4n) is 2.94. The Morgan fingerprint density at radius 1 is 1.05 bits per heavy atom. The van der Waals surface area contributed by atoms with Gasteiger partial charge in [-0.05, 0) is 26.0 Å². The van der Waals surface area contributed by atoms with Crippen LogP contribution in [0.25, 0.3) is 21.9 Å². The summed E-state index contributed by atoms with van der Waals surface area (Å²) < 4.78 is 17.3. The van der Waals surface area contributed by atoms with Gasteiger partial charge in [-0.2, -0.15) is 0 Å². The monoisotopic (exact) mass is 288 g/mol. The second-order valence-electron chi connectivity index (χ2n) is 6.15. The second kappa shape index (κ2) is 4.53. The van der Waals surface area contributed by atoms with Crippen LogP contribution in [0.5, 0.6) is 5.75 Å². The molecule has 0 amide bonds. The highest BCUT2D eigenvalue weighted by atomic mass is 16.5. The summed E-state index contributed by atoms with van der Waals surface area (Å²) in [6.45, 7) is 7.82. The van der Waals surface area contributed by atoms with Gasteiger partial charge >= 0.3 is 0 Å². The maximum Gasteiger partial charge on any atom is 0.177 e. The highest BCUT2D eigenvalue weighted by Crippen LogP contribution is 2.45. The van der Waals surface area contributed by atoms with Gasteiger partial charge in [-0.15, -0.1) is 0 Å². The van der Waals surface area contributed by atoms with E-state index in [-0.39, 0.29) is 6.61 Å². The van der Waals surface area contributed by atoms with E-state index >= 15 is 0 Å². The van der Waals surface area contributed by atoms with Crippen molar-refractivity contribution in [2.24, 2.45) is 0 Å². The molecule has 0 saturated carbocycles. The minimum Gasteiger partial charge on any atom is -0.492 e. The Labute approximate surface area is 123 Å². The molecule has 3 aromatic rings. The van der Waals surface area contributed by atoms with Crippen LogP contribution in [0.15, 0.2) is 21.0 Å². The number of aryl methyl sites for hydroxylation is 2. The van der Waals surface area contributed by atoms with Crippen LogP contribution < -0.4 is 4.74 Å². The summed E-state index contributed by atoms with van der Waals surface area (Å²) in [5.74, 6) is 2.30. The van der Waals surface area contributed by atoms with Crippen LogP contribution >= 0.6 is 0 Å². The first kappa shape index (κ1) is 14.0. The van der Waals surface area contributed by atoms with Crippen LogP contribution in [-0.2, 0) is 5.41 Å². The standard InChI is InChI=1S/C17H20O4/c1-9-6-11-13(17(3,4)8-18)14-12(7-10(2)20-14)15(19-5)16(11)21-9/h6-7,18H,8H2,1-5H3. The van der Waals surface area contributed by atoms with Crippen molar-refractivity contribution in [3.8, 4) is 5.75 Å². The van der Waals surface area contributed by atoms with Crippen molar-refractivity contribution in [2.75, 3.05) is 13.7 Å². The zero-order valence-corrected chi connectivity index (χ0v) is 13.0. The fraction of sp³-hybridized carbons (Fsp3) is 0.412. The fourth-order valence-corrected chi connectivity index (χ4v) is 2.94. The molecule has 4 nitrogen and oxygen atoms in total. The van der Waals surface area contributed by atoms with Crippen molar-refractivity contribution in [1.82, 2.24) is 0 Å². The molecule has 112 valence electrons. The van der Waals surface area contributed by atoms with Crippen molar-refractivity contribution >= 4 is 21.9 Å². The molecule has 1 aromatic carbocycles. The van der Waals surface area contributed by atoms with Crippen molar-refractivity contribution < 1.29 is 18.7 Å². The quantitative estimate of drug-likeness (QED) is 0.789. The third kappa shape index (κ3) is 1.94. The van der Waals surface area contributed by atoms with Gasteiger partial charge in [-0.3, -0.25) is 0 Å². The molecule has 0 saturated heterocycles. The second-order valence-corrected chi connectivity index (χ2v) is 6.15. The van der Waals surface area contributed by atoms with Gasteiger partial charge in [-0.25, -0.2) is 0 Å². The highest BCUT2D eigenvalue weighted by molar-refractivity contribution is 6.05. The van der Waals surface area contributed by atoms with Crippen LogP contribution in [0.3, 0.4) is 0 Å². The summed E-state index contributed by atoms with van der Waals surface area (Å²) in [6, 6.07) is 3.92. The maximum atomic E-state index is 9.80. The largest absolute Gasteiger partial charge is 0.492 e. The zero-order chi connectivity index (χ0) is 15.4. The number of ether oxygens (including phenoxy) is 1. The SMILES string of the molecule is COc1c2cc(C)oc2c(C(C)(C)CO)c2cc(C)oc12. The minimum absolute atomic E-state index is 0.0213. The topological polar surface area (TPSA) is 55.7 Å². The highest BCUT2D eigenvalue weighted by Gasteiger charge is 2.30. The summed E-state index contributed by atoms with van der Waals surface area (Å²) in [4.78, 5) is 0. The molecule has 0 aliphatic heterocycles. The van der Waals surface area contributed by atoms with E-state index in [1.165, 1.54) is 0 Å². The Hall–Kier alpha value is -1.94. The van der Waals surface area contributed by atoms with Gasteiger partial charge in [0.05, 0.1) is 19.1 Å². The Kier molecular flexibility index (Phi) is 3.02. The van der Waals surface area contributed by atoms with Crippen LogP contribution in [0.2, 0.25) is 0 Å². The van der Waals surface area contributed by atoms with E-state index in [0.29, 0.717) is 11.3 Å². The first-order valence-corrected chi connectivity index (χ1v) is 7.00. The van der Waals surface area contributed by atoms with E-state index in [4.69, 9.17) is 13.6 Å². The number of methoxy groups -OCH3 is 1. The summed E-state index contributed by atoms with van der Waals surface area (Å²) >= 11 is 0. The average molecular weight is 288 g/mol. The van der Waals surface area contributed by atoms with Gasteiger partial charge in [0.1, 0.15) is 17.1 Å². The predicted molar refractivity (Wildman–Crippen MR) is 82.1 cm³/mol. The van der Waals surface area contributed by atoms with Crippen LogP contribution in [0.4, 0.5) is 0 Å². The van der Waals surface area contributed by atoms with Crippen molar-refractivity contribution in [3.05, 3.63) is 29.2 Å². The molecule has 0 atom stereocenters. The molecule has 4 heteroatoms. The first-order chi connectivity index (χ1) is 9.89. The van der Waals surface area contributed by atoms with E-state index in [1.807, 2.05) is 39.8 Å². The van der Waals surface area contributed by atoms with Crippen LogP contribution in [0, 0.1) is 13.8 Å². The number of hydrogen-bond acceptors (Lipinski definition) is 4. The van der Waals surface area contributed by atoms with E-state index in [1.54, 1.807) is 7.11 Å². The average Bonchev–Trinajstić information content (AvgIpc) is 2.96. The lowest BCUT2D eigenvalue weighted by Gasteiger charge is -2.23. The number of benzene rings is 1. The number of aliphatic hydroxyl groups is 1. The molecular formula is C17H20O4. The lowest BCUT2D eigenvalue weighted by atomic mass is 9.82. The van der Waals surface area contributed by atoms with Gasteiger partial charge in [0.15, 0.2) is 11.3 Å². The third-order valence-electron chi connectivity index (χ3n) is 3.93. The molecule has 2 heterocycles. The molecule has 3 rings (SSSR count). The minimum atomic E-state index is -0.441. The molecule has 0 spiro atoms. The van der Waals surface area contributed by atoms with Gasteiger partial charge in [0, 0.05) is 16.4 Å². The van der Waals surface area contributed by atoms with Gasteiger partial charge in [0.25, 0.3) is 0 Å². The molecule has 0 fully saturated rings. The lowest BCUT2D eigenvalue weighted by Crippen LogP contribution is -2.22. The Bertz CT molecular complexity index is 763. The number of aliphatic hydroxyl groups excluding tert-OH is 1. The molecule has 0 radical (unpaired) electrons.